The van der Waals surface area contributed by atoms with Gasteiger partial charge in [-0.2, -0.15) is 10.4 Å². The molecule has 110 valence electrons. The van der Waals surface area contributed by atoms with E-state index in [1.54, 1.807) is 18.3 Å². The minimum Gasteiger partial charge on any atom is -0.361 e. The Morgan fingerprint density at radius 3 is 2.55 bits per heavy atom. The van der Waals surface area contributed by atoms with E-state index < -0.39 is 0 Å². The molecule has 0 aliphatic carbocycles. The van der Waals surface area contributed by atoms with Crippen LogP contribution in [0.2, 0.25) is 0 Å². The fourth-order valence-electron chi connectivity index (χ4n) is 1.81. The third-order valence-electron chi connectivity index (χ3n) is 2.96. The summed E-state index contributed by atoms with van der Waals surface area (Å²) >= 11 is 5.15. The molecule has 0 amide bonds. The van der Waals surface area contributed by atoms with Crippen molar-refractivity contribution in [3.05, 3.63) is 71.3 Å². The first-order valence-corrected chi connectivity index (χ1v) is 7.30. The molecule has 0 radical (unpaired) electrons. The largest absolute Gasteiger partial charge is 0.361 e. The van der Waals surface area contributed by atoms with Crippen LogP contribution in [0.1, 0.15) is 16.7 Å². The molecule has 0 aliphatic rings. The summed E-state index contributed by atoms with van der Waals surface area (Å²) < 4.78 is 0. The minimum absolute atomic E-state index is 0.487. The summed E-state index contributed by atoms with van der Waals surface area (Å²) in [4.78, 5) is 0. The second kappa shape index (κ2) is 8.55. The van der Waals surface area contributed by atoms with Crippen molar-refractivity contribution in [3.63, 3.8) is 0 Å². The van der Waals surface area contributed by atoms with Gasteiger partial charge in [-0.25, -0.2) is 0 Å². The zero-order chi connectivity index (χ0) is 15.6. The molecule has 0 saturated carbocycles. The molecule has 5 heteroatoms. The number of nitrogens with zero attached hydrogens (tertiary/aromatic N) is 2. The van der Waals surface area contributed by atoms with Crippen LogP contribution in [0.4, 0.5) is 0 Å². The number of hydrazone groups is 1. The van der Waals surface area contributed by atoms with Gasteiger partial charge in [-0.15, -0.1) is 0 Å². The summed E-state index contributed by atoms with van der Waals surface area (Å²) in [6.45, 7) is 0.752. The average Bonchev–Trinajstić information content (AvgIpc) is 2.56. The summed E-state index contributed by atoms with van der Waals surface area (Å²) in [6, 6.07) is 19.4. The van der Waals surface area contributed by atoms with E-state index in [0.717, 1.165) is 18.5 Å². The van der Waals surface area contributed by atoms with Gasteiger partial charge in [0.1, 0.15) is 0 Å². The molecule has 0 fully saturated rings. The van der Waals surface area contributed by atoms with Crippen molar-refractivity contribution in [1.29, 1.82) is 5.26 Å². The van der Waals surface area contributed by atoms with Crippen LogP contribution >= 0.6 is 12.2 Å². The van der Waals surface area contributed by atoms with E-state index in [4.69, 9.17) is 17.5 Å². The van der Waals surface area contributed by atoms with Gasteiger partial charge < -0.3 is 5.32 Å². The maximum atomic E-state index is 8.72. The van der Waals surface area contributed by atoms with Crippen molar-refractivity contribution in [2.45, 2.75) is 6.42 Å². The van der Waals surface area contributed by atoms with Crippen LogP contribution in [0, 0.1) is 11.3 Å². The van der Waals surface area contributed by atoms with Crippen LogP contribution < -0.4 is 10.7 Å². The topological polar surface area (TPSA) is 60.2 Å². The first kappa shape index (κ1) is 15.7. The molecule has 0 bridgehead atoms. The van der Waals surface area contributed by atoms with Gasteiger partial charge in [-0.1, -0.05) is 42.5 Å². The molecular weight excluding hydrogens is 292 g/mol. The Morgan fingerprint density at radius 1 is 1.14 bits per heavy atom. The van der Waals surface area contributed by atoms with E-state index in [0.29, 0.717) is 10.7 Å². The highest BCUT2D eigenvalue weighted by Gasteiger charge is 1.95. The number of thiocarbonyl (C=S) groups is 1. The first-order valence-electron chi connectivity index (χ1n) is 6.89. The van der Waals surface area contributed by atoms with E-state index in [2.05, 4.69) is 34.0 Å². The molecule has 2 N–H and O–H groups in total. The molecule has 0 aliphatic heterocycles. The van der Waals surface area contributed by atoms with Crippen LogP contribution in [0.3, 0.4) is 0 Å². The van der Waals surface area contributed by atoms with Gasteiger partial charge in [0.25, 0.3) is 0 Å². The molecular formula is C17H16N4S. The lowest BCUT2D eigenvalue weighted by molar-refractivity contribution is 0.838. The Balaban J connectivity index is 1.70. The smallest absolute Gasteiger partial charge is 0.186 e. The van der Waals surface area contributed by atoms with Crippen molar-refractivity contribution in [3.8, 4) is 6.07 Å². The van der Waals surface area contributed by atoms with Gasteiger partial charge in [0.15, 0.2) is 5.11 Å². The highest BCUT2D eigenvalue weighted by atomic mass is 32.1. The molecule has 0 aromatic heterocycles. The molecule has 0 spiro atoms. The molecule has 2 rings (SSSR count). The van der Waals surface area contributed by atoms with Crippen molar-refractivity contribution in [2.75, 3.05) is 6.54 Å². The summed E-state index contributed by atoms with van der Waals surface area (Å²) in [7, 11) is 0. The standard InChI is InChI=1S/C17H16N4S/c18-12-15-6-8-16(9-7-15)13-20-21-17(22)19-11-10-14-4-2-1-3-5-14/h1-9,13H,10-11H2,(H2,19,21,22)/b20-13+. The third kappa shape index (κ3) is 5.35. The van der Waals surface area contributed by atoms with Crippen LogP contribution in [0.5, 0.6) is 0 Å². The summed E-state index contributed by atoms with van der Waals surface area (Å²) in [5.74, 6) is 0. The first-order chi connectivity index (χ1) is 10.8. The minimum atomic E-state index is 0.487. The predicted octanol–water partition coefficient (Wildman–Crippen LogP) is 2.60. The second-order valence-corrected chi connectivity index (χ2v) is 5.00. The maximum absolute atomic E-state index is 8.72. The molecule has 0 saturated heterocycles. The highest BCUT2D eigenvalue weighted by molar-refractivity contribution is 7.80. The average molecular weight is 308 g/mol. The number of benzene rings is 2. The Kier molecular flexibility index (Phi) is 6.09. The van der Waals surface area contributed by atoms with Gasteiger partial charge >= 0.3 is 0 Å². The van der Waals surface area contributed by atoms with Crippen molar-refractivity contribution < 1.29 is 0 Å². The van der Waals surface area contributed by atoms with E-state index in [-0.39, 0.29) is 0 Å². The van der Waals surface area contributed by atoms with Gasteiger partial charge in [0, 0.05) is 6.54 Å². The van der Waals surface area contributed by atoms with Gasteiger partial charge in [0.05, 0.1) is 17.8 Å². The highest BCUT2D eigenvalue weighted by Crippen LogP contribution is 2.00. The maximum Gasteiger partial charge on any atom is 0.186 e. The lowest BCUT2D eigenvalue weighted by Crippen LogP contribution is -2.33. The molecule has 2 aromatic rings. The van der Waals surface area contributed by atoms with Crippen LogP contribution in [-0.2, 0) is 6.42 Å². The molecule has 2 aromatic carbocycles. The molecule has 22 heavy (non-hydrogen) atoms. The lowest BCUT2D eigenvalue weighted by atomic mass is 10.1. The van der Waals surface area contributed by atoms with E-state index in [1.165, 1.54) is 5.56 Å². The Morgan fingerprint density at radius 2 is 1.86 bits per heavy atom. The number of hydrogen-bond donors (Lipinski definition) is 2. The summed E-state index contributed by atoms with van der Waals surface area (Å²) in [5, 5.41) is 16.4. The number of nitrogens with one attached hydrogen (secondary N) is 2. The van der Waals surface area contributed by atoms with Gasteiger partial charge in [-0.3, -0.25) is 5.43 Å². The fraction of sp³-hybridized carbons (Fsp3) is 0.118. The van der Waals surface area contributed by atoms with Crippen LogP contribution in [0.15, 0.2) is 59.7 Å². The third-order valence-corrected chi connectivity index (χ3v) is 3.20. The fourth-order valence-corrected chi connectivity index (χ4v) is 1.97. The van der Waals surface area contributed by atoms with E-state index >= 15 is 0 Å². The predicted molar refractivity (Wildman–Crippen MR) is 92.6 cm³/mol. The Labute approximate surface area is 135 Å². The molecule has 0 unspecified atom stereocenters. The van der Waals surface area contributed by atoms with Gasteiger partial charge in [0.2, 0.25) is 0 Å². The molecule has 0 heterocycles. The van der Waals surface area contributed by atoms with Crippen molar-refractivity contribution in [2.24, 2.45) is 5.10 Å². The molecule has 0 atom stereocenters. The van der Waals surface area contributed by atoms with Crippen molar-refractivity contribution >= 4 is 23.5 Å². The molecule has 4 nitrogen and oxygen atoms in total. The van der Waals surface area contributed by atoms with Crippen molar-refractivity contribution in [1.82, 2.24) is 10.7 Å². The zero-order valence-electron chi connectivity index (χ0n) is 12.0. The normalized spacial score (nSPS) is 10.1. The van der Waals surface area contributed by atoms with Crippen LogP contribution in [0.25, 0.3) is 0 Å². The van der Waals surface area contributed by atoms with E-state index in [1.807, 2.05) is 30.3 Å². The van der Waals surface area contributed by atoms with Gasteiger partial charge in [-0.05, 0) is 41.9 Å². The Hall–Kier alpha value is -2.71. The summed E-state index contributed by atoms with van der Waals surface area (Å²) in [5.41, 5.74) is 5.56. The number of hydrogen-bond acceptors (Lipinski definition) is 3. The Bertz CT molecular complexity index is 672. The number of rotatable bonds is 5. The SMILES string of the molecule is N#Cc1ccc(/C=N/NC(=S)NCCc2ccccc2)cc1. The lowest BCUT2D eigenvalue weighted by Gasteiger charge is -2.06. The monoisotopic (exact) mass is 308 g/mol. The van der Waals surface area contributed by atoms with Crippen LogP contribution in [-0.4, -0.2) is 17.9 Å². The quantitative estimate of drug-likeness (QED) is 0.506. The zero-order valence-corrected chi connectivity index (χ0v) is 12.8. The summed E-state index contributed by atoms with van der Waals surface area (Å²) in [6.07, 6.45) is 2.56. The second-order valence-electron chi connectivity index (χ2n) is 4.60. The number of nitriles is 1. The van der Waals surface area contributed by atoms with E-state index in [9.17, 15) is 0 Å².